The maximum atomic E-state index is 12.7. The van der Waals surface area contributed by atoms with E-state index in [1.165, 1.54) is 7.11 Å². The van der Waals surface area contributed by atoms with E-state index in [9.17, 15) is 14.4 Å². The first-order chi connectivity index (χ1) is 13.8. The minimum Gasteiger partial charge on any atom is -0.480 e. The fourth-order valence-corrected chi connectivity index (χ4v) is 4.85. The maximum Gasteiger partial charge on any atom is 0.343 e. The molecular formula is C19H13ClI2N2O5. The molecule has 1 aliphatic heterocycles. The van der Waals surface area contributed by atoms with Gasteiger partial charge in [-0.3, -0.25) is 4.79 Å². The first-order valence-electron chi connectivity index (χ1n) is 8.11. The van der Waals surface area contributed by atoms with Crippen molar-refractivity contribution < 1.29 is 23.9 Å². The number of urea groups is 1. The molecule has 2 aromatic carbocycles. The highest BCUT2D eigenvalue weighted by Gasteiger charge is 2.35. The molecule has 1 heterocycles. The number of benzene rings is 2. The van der Waals surface area contributed by atoms with Crippen molar-refractivity contribution in [2.24, 2.45) is 0 Å². The van der Waals surface area contributed by atoms with Crippen LogP contribution in [0.2, 0.25) is 5.02 Å². The summed E-state index contributed by atoms with van der Waals surface area (Å²) in [6, 6.07) is 9.51. The van der Waals surface area contributed by atoms with Crippen LogP contribution in [0.1, 0.15) is 5.56 Å². The Bertz CT molecular complexity index is 1020. The van der Waals surface area contributed by atoms with Gasteiger partial charge in [0, 0.05) is 5.02 Å². The summed E-state index contributed by atoms with van der Waals surface area (Å²) in [4.78, 5) is 37.4. The van der Waals surface area contributed by atoms with Crippen molar-refractivity contribution in [2.75, 3.05) is 18.6 Å². The van der Waals surface area contributed by atoms with E-state index in [4.69, 9.17) is 16.3 Å². The van der Waals surface area contributed by atoms with Crippen LogP contribution in [-0.4, -0.2) is 31.6 Å². The van der Waals surface area contributed by atoms with Crippen molar-refractivity contribution in [3.05, 3.63) is 59.8 Å². The number of nitrogens with zero attached hydrogens (tertiary/aromatic N) is 1. The van der Waals surface area contributed by atoms with Crippen molar-refractivity contribution in [3.8, 4) is 5.75 Å². The van der Waals surface area contributed by atoms with Gasteiger partial charge in [0.1, 0.15) is 11.4 Å². The van der Waals surface area contributed by atoms with Crippen molar-refractivity contribution in [1.82, 2.24) is 5.32 Å². The Morgan fingerprint density at radius 2 is 1.90 bits per heavy atom. The fourth-order valence-electron chi connectivity index (χ4n) is 2.54. The van der Waals surface area contributed by atoms with Crippen LogP contribution < -0.4 is 15.0 Å². The number of carbonyl (C=O) groups excluding carboxylic acids is 3. The summed E-state index contributed by atoms with van der Waals surface area (Å²) in [7, 11) is 1.29. The van der Waals surface area contributed by atoms with E-state index < -0.39 is 17.9 Å². The first-order valence-corrected chi connectivity index (χ1v) is 10.6. The number of anilines is 1. The smallest absolute Gasteiger partial charge is 0.343 e. The normalized spacial score (nSPS) is 14.9. The van der Waals surface area contributed by atoms with Gasteiger partial charge in [-0.25, -0.2) is 14.5 Å². The Hall–Kier alpha value is -1.86. The molecule has 0 atom stereocenters. The topological polar surface area (TPSA) is 84.9 Å². The molecule has 10 heteroatoms. The molecule has 0 radical (unpaired) electrons. The summed E-state index contributed by atoms with van der Waals surface area (Å²) in [5.74, 6) is -0.419. The minimum atomic E-state index is -0.550. The quantitative estimate of drug-likeness (QED) is 0.230. The van der Waals surface area contributed by atoms with Crippen molar-refractivity contribution in [2.45, 2.75) is 0 Å². The molecular weight excluding hydrogens is 625 g/mol. The largest absolute Gasteiger partial charge is 0.480 e. The molecule has 1 N–H and O–H groups in total. The lowest BCUT2D eigenvalue weighted by Crippen LogP contribution is -2.30. The van der Waals surface area contributed by atoms with E-state index in [0.29, 0.717) is 22.0 Å². The van der Waals surface area contributed by atoms with Crippen molar-refractivity contribution >= 4 is 86.5 Å². The van der Waals surface area contributed by atoms with Crippen LogP contribution in [0.5, 0.6) is 5.75 Å². The molecule has 0 aromatic heterocycles. The number of amides is 3. The number of imide groups is 1. The Kier molecular flexibility index (Phi) is 7.01. The fraction of sp³-hybridized carbons (Fsp3) is 0.105. The molecule has 2 aromatic rings. The van der Waals surface area contributed by atoms with Gasteiger partial charge in [-0.15, -0.1) is 0 Å². The van der Waals surface area contributed by atoms with Gasteiger partial charge in [0.2, 0.25) is 0 Å². The summed E-state index contributed by atoms with van der Waals surface area (Å²) in [6.07, 6.45) is 1.58. The lowest BCUT2D eigenvalue weighted by atomic mass is 10.2. The Labute approximate surface area is 198 Å². The zero-order chi connectivity index (χ0) is 21.1. The number of methoxy groups -OCH3 is 1. The van der Waals surface area contributed by atoms with E-state index in [2.05, 4.69) is 55.2 Å². The summed E-state index contributed by atoms with van der Waals surface area (Å²) in [5.41, 5.74) is 1.23. The lowest BCUT2D eigenvalue weighted by molar-refractivity contribution is -0.142. The second-order valence-electron chi connectivity index (χ2n) is 5.79. The molecule has 0 spiro atoms. The highest BCUT2D eigenvalue weighted by molar-refractivity contribution is 14.1. The predicted molar refractivity (Wildman–Crippen MR) is 125 cm³/mol. The number of carbonyl (C=O) groups is 3. The highest BCUT2D eigenvalue weighted by Crippen LogP contribution is 2.31. The third-order valence-electron chi connectivity index (χ3n) is 3.84. The van der Waals surface area contributed by atoms with Crippen LogP contribution in [0.3, 0.4) is 0 Å². The van der Waals surface area contributed by atoms with E-state index in [1.807, 2.05) is 0 Å². The zero-order valence-electron chi connectivity index (χ0n) is 14.9. The molecule has 0 saturated carbocycles. The third kappa shape index (κ3) is 5.01. The molecule has 0 bridgehead atoms. The highest BCUT2D eigenvalue weighted by atomic mass is 127. The number of esters is 1. The second kappa shape index (κ2) is 9.30. The Morgan fingerprint density at radius 1 is 1.21 bits per heavy atom. The molecule has 7 nitrogen and oxygen atoms in total. The number of ether oxygens (including phenoxy) is 2. The average molecular weight is 639 g/mol. The van der Waals surface area contributed by atoms with E-state index in [0.717, 1.165) is 12.0 Å². The van der Waals surface area contributed by atoms with Gasteiger partial charge < -0.3 is 14.8 Å². The second-order valence-corrected chi connectivity index (χ2v) is 8.55. The monoisotopic (exact) mass is 638 g/mol. The molecule has 1 aliphatic rings. The molecule has 1 fully saturated rings. The van der Waals surface area contributed by atoms with Gasteiger partial charge in [-0.2, -0.15) is 0 Å². The first kappa shape index (κ1) is 21.8. The Morgan fingerprint density at radius 3 is 2.52 bits per heavy atom. The summed E-state index contributed by atoms with van der Waals surface area (Å²) in [5, 5.41) is 3.00. The number of nitrogens with one attached hydrogen (secondary N) is 1. The zero-order valence-corrected chi connectivity index (χ0v) is 19.9. The average Bonchev–Trinajstić information content (AvgIpc) is 2.94. The van der Waals surface area contributed by atoms with Crippen LogP contribution in [-0.2, 0) is 14.3 Å². The summed E-state index contributed by atoms with van der Waals surface area (Å²) in [6.45, 7) is -0.202. The third-order valence-corrected chi connectivity index (χ3v) is 5.68. The predicted octanol–water partition coefficient (Wildman–Crippen LogP) is 4.20. The molecule has 0 unspecified atom stereocenters. The Balaban J connectivity index is 1.86. The number of hydrogen-bond acceptors (Lipinski definition) is 5. The lowest BCUT2D eigenvalue weighted by Gasteiger charge is -2.12. The van der Waals surface area contributed by atoms with Gasteiger partial charge in [-0.05, 0) is 87.2 Å². The van der Waals surface area contributed by atoms with Gasteiger partial charge in [0.05, 0.1) is 19.9 Å². The van der Waals surface area contributed by atoms with E-state index in [-0.39, 0.29) is 12.3 Å². The summed E-state index contributed by atoms with van der Waals surface area (Å²) >= 11 is 10.1. The molecule has 3 amide bonds. The molecule has 0 aliphatic carbocycles. The van der Waals surface area contributed by atoms with Gasteiger partial charge in [0.25, 0.3) is 5.91 Å². The number of rotatable bonds is 5. The van der Waals surface area contributed by atoms with Crippen LogP contribution in [0.25, 0.3) is 6.08 Å². The van der Waals surface area contributed by atoms with Crippen LogP contribution in [0, 0.1) is 7.14 Å². The van der Waals surface area contributed by atoms with E-state index >= 15 is 0 Å². The maximum absolute atomic E-state index is 12.7. The van der Waals surface area contributed by atoms with Crippen LogP contribution >= 0.6 is 56.8 Å². The molecule has 29 heavy (non-hydrogen) atoms. The number of halogens is 3. The summed E-state index contributed by atoms with van der Waals surface area (Å²) < 4.78 is 11.6. The molecule has 3 rings (SSSR count). The van der Waals surface area contributed by atoms with Gasteiger partial charge in [-0.1, -0.05) is 17.7 Å². The van der Waals surface area contributed by atoms with Crippen LogP contribution in [0.4, 0.5) is 10.5 Å². The van der Waals surface area contributed by atoms with Crippen molar-refractivity contribution in [3.63, 3.8) is 0 Å². The van der Waals surface area contributed by atoms with Gasteiger partial charge in [0.15, 0.2) is 6.61 Å². The molecule has 1 saturated heterocycles. The van der Waals surface area contributed by atoms with Crippen LogP contribution in [0.15, 0.2) is 42.1 Å². The van der Waals surface area contributed by atoms with E-state index in [1.54, 1.807) is 42.5 Å². The molecule has 150 valence electrons. The number of hydrogen-bond donors (Lipinski definition) is 1. The van der Waals surface area contributed by atoms with Crippen molar-refractivity contribution in [1.29, 1.82) is 0 Å². The standard InChI is InChI=1S/C19H13ClI2N2O5/c1-28-16(25)9-29-17-13(21)5-10(6-14(17)22)7-15-18(26)24(19(27)23-15)12-4-2-3-11(20)8-12/h2-8H,9H2,1H3,(H,23,27)/b15-7+. The SMILES string of the molecule is COC(=O)COc1c(I)cc(/C=C2/NC(=O)N(c3cccc(Cl)c3)C2=O)cc1I. The minimum absolute atomic E-state index is 0.143. The van der Waals surface area contributed by atoms with Gasteiger partial charge >= 0.3 is 12.0 Å².